The highest BCUT2D eigenvalue weighted by Crippen LogP contribution is 2.29. The molecular formula is C22H19N3O2. The van der Waals surface area contributed by atoms with Crippen LogP contribution in [0.3, 0.4) is 0 Å². The van der Waals surface area contributed by atoms with Gasteiger partial charge >= 0.3 is 0 Å². The lowest BCUT2D eigenvalue weighted by molar-refractivity contribution is -0.133. The fourth-order valence-electron chi connectivity index (χ4n) is 3.46. The maximum Gasteiger partial charge on any atom is 0.253 e. The van der Waals surface area contributed by atoms with Gasteiger partial charge in [0, 0.05) is 12.5 Å². The number of nitrogens with one attached hydrogen (secondary N) is 2. The summed E-state index contributed by atoms with van der Waals surface area (Å²) >= 11 is 0. The third-order valence-corrected chi connectivity index (χ3v) is 4.85. The summed E-state index contributed by atoms with van der Waals surface area (Å²) < 4.78 is 0. The highest BCUT2D eigenvalue weighted by Gasteiger charge is 2.40. The van der Waals surface area contributed by atoms with Gasteiger partial charge in [-0.2, -0.15) is 5.10 Å². The zero-order valence-electron chi connectivity index (χ0n) is 14.6. The Kier molecular flexibility index (Phi) is 4.66. The predicted molar refractivity (Wildman–Crippen MR) is 105 cm³/mol. The molecule has 2 atom stereocenters. The Morgan fingerprint density at radius 3 is 2.56 bits per heavy atom. The average Bonchev–Trinajstić information content (AvgIpc) is 3.10. The summed E-state index contributed by atoms with van der Waals surface area (Å²) in [5.41, 5.74) is 4.37. The van der Waals surface area contributed by atoms with E-state index in [1.165, 1.54) is 0 Å². The molecule has 0 radical (unpaired) electrons. The molecule has 3 aromatic rings. The Hall–Kier alpha value is -3.47. The molecule has 4 rings (SSSR count). The summed E-state index contributed by atoms with van der Waals surface area (Å²) in [5, 5.41) is 9.08. The van der Waals surface area contributed by atoms with Crippen molar-refractivity contribution in [2.45, 2.75) is 5.92 Å². The van der Waals surface area contributed by atoms with Gasteiger partial charge in [-0.15, -0.1) is 0 Å². The van der Waals surface area contributed by atoms with Crippen LogP contribution in [0, 0.1) is 5.92 Å². The summed E-state index contributed by atoms with van der Waals surface area (Å²) in [4.78, 5) is 24.7. The first-order chi connectivity index (χ1) is 13.2. The van der Waals surface area contributed by atoms with Gasteiger partial charge < -0.3 is 5.32 Å². The van der Waals surface area contributed by atoms with Gasteiger partial charge in [0.25, 0.3) is 5.91 Å². The Labute approximate surface area is 157 Å². The fourth-order valence-corrected chi connectivity index (χ4v) is 3.46. The number of hydrogen-bond donors (Lipinski definition) is 2. The first-order valence-corrected chi connectivity index (χ1v) is 8.87. The third-order valence-electron chi connectivity index (χ3n) is 4.85. The van der Waals surface area contributed by atoms with Crippen LogP contribution in [0.5, 0.6) is 0 Å². The SMILES string of the molecule is O=C1NCC(c2ccccc2)C1C(=O)N/N=C\c1ccc2ccccc2c1. The van der Waals surface area contributed by atoms with Gasteiger partial charge in [0.1, 0.15) is 5.92 Å². The molecule has 3 aromatic carbocycles. The molecule has 0 saturated carbocycles. The minimum atomic E-state index is -0.777. The van der Waals surface area contributed by atoms with Crippen molar-refractivity contribution in [2.75, 3.05) is 6.54 Å². The summed E-state index contributed by atoms with van der Waals surface area (Å²) in [7, 11) is 0. The number of nitrogens with zero attached hydrogens (tertiary/aromatic N) is 1. The number of benzene rings is 3. The monoisotopic (exact) mass is 357 g/mol. The lowest BCUT2D eigenvalue weighted by atomic mass is 9.88. The van der Waals surface area contributed by atoms with Crippen LogP contribution in [0.25, 0.3) is 10.8 Å². The Bertz CT molecular complexity index is 1010. The van der Waals surface area contributed by atoms with Crippen LogP contribution >= 0.6 is 0 Å². The first kappa shape index (κ1) is 17.0. The minimum Gasteiger partial charge on any atom is -0.355 e. The molecule has 0 aromatic heterocycles. The molecule has 134 valence electrons. The molecule has 1 fully saturated rings. The van der Waals surface area contributed by atoms with Crippen LogP contribution in [0.2, 0.25) is 0 Å². The highest BCUT2D eigenvalue weighted by molar-refractivity contribution is 6.03. The van der Waals surface area contributed by atoms with Crippen molar-refractivity contribution in [2.24, 2.45) is 11.0 Å². The zero-order chi connectivity index (χ0) is 18.6. The average molecular weight is 357 g/mol. The van der Waals surface area contributed by atoms with E-state index in [0.717, 1.165) is 21.9 Å². The van der Waals surface area contributed by atoms with E-state index in [2.05, 4.69) is 15.8 Å². The Morgan fingerprint density at radius 1 is 1.00 bits per heavy atom. The van der Waals surface area contributed by atoms with E-state index >= 15 is 0 Å². The van der Waals surface area contributed by atoms with Gasteiger partial charge in [0.15, 0.2) is 0 Å². The van der Waals surface area contributed by atoms with Crippen LogP contribution < -0.4 is 10.7 Å². The van der Waals surface area contributed by atoms with Crippen molar-refractivity contribution in [3.05, 3.63) is 83.9 Å². The first-order valence-electron chi connectivity index (χ1n) is 8.87. The van der Waals surface area contributed by atoms with Gasteiger partial charge in [-0.05, 0) is 28.0 Å². The molecule has 1 aliphatic rings. The van der Waals surface area contributed by atoms with Gasteiger partial charge in [-0.3, -0.25) is 9.59 Å². The number of amides is 2. The molecule has 0 spiro atoms. The van der Waals surface area contributed by atoms with E-state index < -0.39 is 11.8 Å². The van der Waals surface area contributed by atoms with Crippen LogP contribution in [0.15, 0.2) is 77.9 Å². The predicted octanol–water partition coefficient (Wildman–Crippen LogP) is 2.82. The second-order valence-electron chi connectivity index (χ2n) is 6.58. The van der Waals surface area contributed by atoms with Crippen molar-refractivity contribution in [1.29, 1.82) is 0 Å². The summed E-state index contributed by atoms with van der Waals surface area (Å²) in [6.45, 7) is 0.454. The van der Waals surface area contributed by atoms with Gasteiger partial charge in [-0.25, -0.2) is 5.43 Å². The summed E-state index contributed by atoms with van der Waals surface area (Å²) in [6.07, 6.45) is 1.59. The zero-order valence-corrected chi connectivity index (χ0v) is 14.6. The molecule has 27 heavy (non-hydrogen) atoms. The van der Waals surface area contributed by atoms with Crippen molar-refractivity contribution in [3.63, 3.8) is 0 Å². The molecule has 1 heterocycles. The second-order valence-corrected chi connectivity index (χ2v) is 6.58. The number of hydrogen-bond acceptors (Lipinski definition) is 3. The van der Waals surface area contributed by atoms with Crippen LogP contribution in [0.1, 0.15) is 17.0 Å². The number of rotatable bonds is 4. The normalized spacial score (nSPS) is 19.3. The molecule has 1 aliphatic heterocycles. The lowest BCUT2D eigenvalue weighted by Crippen LogP contribution is -2.34. The van der Waals surface area contributed by atoms with Crippen molar-refractivity contribution in [1.82, 2.24) is 10.7 Å². The topological polar surface area (TPSA) is 70.6 Å². The maximum absolute atomic E-state index is 12.6. The van der Waals surface area contributed by atoms with E-state index in [0.29, 0.717) is 6.54 Å². The van der Waals surface area contributed by atoms with Crippen molar-refractivity contribution >= 4 is 28.8 Å². The molecule has 1 saturated heterocycles. The van der Waals surface area contributed by atoms with Crippen LogP contribution in [-0.4, -0.2) is 24.6 Å². The van der Waals surface area contributed by atoms with Crippen LogP contribution in [0.4, 0.5) is 0 Å². The third kappa shape index (κ3) is 3.58. The smallest absolute Gasteiger partial charge is 0.253 e. The molecule has 5 heteroatoms. The number of fused-ring (bicyclic) bond motifs is 1. The van der Waals surface area contributed by atoms with Gasteiger partial charge in [0.2, 0.25) is 5.91 Å². The lowest BCUT2D eigenvalue weighted by Gasteiger charge is -2.15. The Balaban J connectivity index is 1.47. The maximum atomic E-state index is 12.6. The Morgan fingerprint density at radius 2 is 1.74 bits per heavy atom. The molecule has 2 N–H and O–H groups in total. The van der Waals surface area contributed by atoms with E-state index in [9.17, 15) is 9.59 Å². The number of carbonyl (C=O) groups is 2. The van der Waals surface area contributed by atoms with E-state index in [-0.39, 0.29) is 11.8 Å². The number of carbonyl (C=O) groups excluding carboxylic acids is 2. The quantitative estimate of drug-likeness (QED) is 0.428. The second kappa shape index (κ2) is 7.41. The molecule has 0 bridgehead atoms. The molecule has 2 unspecified atom stereocenters. The summed E-state index contributed by atoms with van der Waals surface area (Å²) in [5.74, 6) is -1.62. The highest BCUT2D eigenvalue weighted by atomic mass is 16.2. The van der Waals surface area contributed by atoms with Crippen molar-refractivity contribution in [3.8, 4) is 0 Å². The molecule has 2 amide bonds. The molecular weight excluding hydrogens is 338 g/mol. The fraction of sp³-hybridized carbons (Fsp3) is 0.136. The van der Waals surface area contributed by atoms with E-state index in [1.54, 1.807) is 6.21 Å². The van der Waals surface area contributed by atoms with Crippen molar-refractivity contribution < 1.29 is 9.59 Å². The standard InChI is InChI=1S/C22H19N3O2/c26-21-20(19(14-23-21)17-7-2-1-3-8-17)22(27)25-24-13-15-10-11-16-6-4-5-9-18(16)12-15/h1-13,19-20H,14H2,(H,23,26)(H,25,27)/b24-13-. The van der Waals surface area contributed by atoms with Gasteiger partial charge in [0.05, 0.1) is 6.21 Å². The number of hydrazone groups is 1. The minimum absolute atomic E-state index is 0.186. The van der Waals surface area contributed by atoms with Crippen LogP contribution in [-0.2, 0) is 9.59 Å². The largest absolute Gasteiger partial charge is 0.355 e. The van der Waals surface area contributed by atoms with Gasteiger partial charge in [-0.1, -0.05) is 66.7 Å². The van der Waals surface area contributed by atoms with E-state index in [1.807, 2.05) is 72.8 Å². The molecule has 0 aliphatic carbocycles. The molecule has 5 nitrogen and oxygen atoms in total. The summed E-state index contributed by atoms with van der Waals surface area (Å²) in [6, 6.07) is 23.6. The van der Waals surface area contributed by atoms with E-state index in [4.69, 9.17) is 0 Å².